The van der Waals surface area contributed by atoms with Crippen molar-refractivity contribution < 1.29 is 0 Å². The van der Waals surface area contributed by atoms with Crippen LogP contribution in [0.3, 0.4) is 0 Å². The van der Waals surface area contributed by atoms with Crippen molar-refractivity contribution in [3.63, 3.8) is 0 Å². The standard InChI is InChI=1S/C9H13N.C2H6/c1-3-8-4-7(2)5-9(10)6-8;1-2/h4-6H,3,10H2,1-2H3;1-2H3. The van der Waals surface area contributed by atoms with E-state index in [0.717, 1.165) is 12.1 Å². The van der Waals surface area contributed by atoms with Crippen LogP contribution in [0.5, 0.6) is 0 Å². The second-order valence-corrected chi connectivity index (χ2v) is 2.61. The van der Waals surface area contributed by atoms with Crippen LogP contribution in [0.2, 0.25) is 0 Å². The molecule has 1 heteroatoms. The summed E-state index contributed by atoms with van der Waals surface area (Å²) < 4.78 is 0. The van der Waals surface area contributed by atoms with E-state index in [2.05, 4.69) is 19.9 Å². The number of aryl methyl sites for hydroxylation is 2. The number of hydrogen-bond donors (Lipinski definition) is 1. The van der Waals surface area contributed by atoms with E-state index in [1.165, 1.54) is 11.1 Å². The lowest BCUT2D eigenvalue weighted by Crippen LogP contribution is -1.88. The number of benzene rings is 1. The van der Waals surface area contributed by atoms with Crippen LogP contribution in [0.1, 0.15) is 31.9 Å². The Hall–Kier alpha value is -0.980. The van der Waals surface area contributed by atoms with E-state index in [4.69, 9.17) is 5.73 Å². The van der Waals surface area contributed by atoms with E-state index in [0.29, 0.717) is 0 Å². The van der Waals surface area contributed by atoms with Crippen molar-refractivity contribution in [2.24, 2.45) is 0 Å². The zero-order chi connectivity index (χ0) is 9.56. The topological polar surface area (TPSA) is 26.0 Å². The summed E-state index contributed by atoms with van der Waals surface area (Å²) in [4.78, 5) is 0. The molecule has 0 spiro atoms. The molecular weight excluding hydrogens is 146 g/mol. The fourth-order valence-corrected chi connectivity index (χ4v) is 1.10. The number of nitrogen functional groups attached to an aromatic ring is 1. The molecule has 1 nitrogen and oxygen atoms in total. The van der Waals surface area contributed by atoms with Crippen LogP contribution in [-0.2, 0) is 6.42 Å². The Morgan fingerprint density at radius 2 is 1.75 bits per heavy atom. The lowest BCUT2D eigenvalue weighted by atomic mass is 10.1. The smallest absolute Gasteiger partial charge is 0.0319 e. The van der Waals surface area contributed by atoms with Gasteiger partial charge in [0.15, 0.2) is 0 Å². The van der Waals surface area contributed by atoms with Crippen molar-refractivity contribution in [1.82, 2.24) is 0 Å². The van der Waals surface area contributed by atoms with Gasteiger partial charge in [0.2, 0.25) is 0 Å². The Bertz CT molecular complexity index is 208. The summed E-state index contributed by atoms with van der Waals surface area (Å²) >= 11 is 0. The molecule has 1 aromatic carbocycles. The zero-order valence-electron chi connectivity index (χ0n) is 8.52. The third-order valence-corrected chi connectivity index (χ3v) is 1.57. The number of nitrogens with two attached hydrogens (primary N) is 1. The highest BCUT2D eigenvalue weighted by molar-refractivity contribution is 5.44. The van der Waals surface area contributed by atoms with Crippen molar-refractivity contribution >= 4 is 5.69 Å². The van der Waals surface area contributed by atoms with Crippen molar-refractivity contribution in [3.05, 3.63) is 29.3 Å². The third kappa shape index (κ3) is 3.42. The van der Waals surface area contributed by atoms with Gasteiger partial charge in [-0.05, 0) is 36.6 Å². The largest absolute Gasteiger partial charge is 0.399 e. The summed E-state index contributed by atoms with van der Waals surface area (Å²) in [5, 5.41) is 0. The molecule has 0 saturated heterocycles. The molecule has 12 heavy (non-hydrogen) atoms. The third-order valence-electron chi connectivity index (χ3n) is 1.57. The zero-order valence-corrected chi connectivity index (χ0v) is 8.52. The van der Waals surface area contributed by atoms with Gasteiger partial charge in [0.1, 0.15) is 0 Å². The number of anilines is 1. The molecule has 0 unspecified atom stereocenters. The van der Waals surface area contributed by atoms with Crippen LogP contribution in [-0.4, -0.2) is 0 Å². The molecule has 1 aromatic rings. The van der Waals surface area contributed by atoms with Crippen molar-refractivity contribution in [2.75, 3.05) is 5.73 Å². The van der Waals surface area contributed by atoms with Gasteiger partial charge < -0.3 is 5.73 Å². The van der Waals surface area contributed by atoms with Gasteiger partial charge in [-0.15, -0.1) is 0 Å². The van der Waals surface area contributed by atoms with Gasteiger partial charge in [0.05, 0.1) is 0 Å². The maximum atomic E-state index is 5.64. The first kappa shape index (κ1) is 11.0. The molecular formula is C11H19N. The predicted octanol–water partition coefficient (Wildman–Crippen LogP) is 3.17. The molecule has 0 heterocycles. The average molecular weight is 165 g/mol. The molecule has 1 rings (SSSR count). The molecule has 0 fully saturated rings. The van der Waals surface area contributed by atoms with E-state index in [1.54, 1.807) is 0 Å². The Kier molecular flexibility index (Phi) is 5.18. The first-order valence-corrected chi connectivity index (χ1v) is 4.58. The summed E-state index contributed by atoms with van der Waals surface area (Å²) in [5.41, 5.74) is 9.07. The molecule has 0 radical (unpaired) electrons. The minimum Gasteiger partial charge on any atom is -0.399 e. The van der Waals surface area contributed by atoms with E-state index in [9.17, 15) is 0 Å². The highest BCUT2D eigenvalue weighted by atomic mass is 14.5. The van der Waals surface area contributed by atoms with Crippen LogP contribution in [0, 0.1) is 6.92 Å². The van der Waals surface area contributed by atoms with E-state index >= 15 is 0 Å². The van der Waals surface area contributed by atoms with Crippen LogP contribution in [0.25, 0.3) is 0 Å². The molecule has 0 aromatic heterocycles. The minimum atomic E-state index is 0.872. The Morgan fingerprint density at radius 3 is 2.17 bits per heavy atom. The second kappa shape index (κ2) is 5.64. The van der Waals surface area contributed by atoms with Gasteiger partial charge in [-0.25, -0.2) is 0 Å². The SMILES string of the molecule is CC.CCc1cc(C)cc(N)c1. The molecule has 0 saturated carbocycles. The Morgan fingerprint density at radius 1 is 1.17 bits per heavy atom. The van der Waals surface area contributed by atoms with Crippen LogP contribution < -0.4 is 5.73 Å². The van der Waals surface area contributed by atoms with Gasteiger partial charge in [-0.1, -0.05) is 26.8 Å². The summed E-state index contributed by atoms with van der Waals surface area (Å²) in [5.74, 6) is 0. The molecule has 0 aliphatic heterocycles. The minimum absolute atomic E-state index is 0.872. The maximum Gasteiger partial charge on any atom is 0.0319 e. The summed E-state index contributed by atoms with van der Waals surface area (Å²) in [7, 11) is 0. The first-order chi connectivity index (χ1) is 5.72. The monoisotopic (exact) mass is 165 g/mol. The normalized spacial score (nSPS) is 8.67. The maximum absolute atomic E-state index is 5.64. The van der Waals surface area contributed by atoms with Gasteiger partial charge in [0, 0.05) is 5.69 Å². The number of rotatable bonds is 1. The predicted molar refractivity (Wildman–Crippen MR) is 56.3 cm³/mol. The fraction of sp³-hybridized carbons (Fsp3) is 0.455. The van der Waals surface area contributed by atoms with Crippen molar-refractivity contribution in [1.29, 1.82) is 0 Å². The van der Waals surface area contributed by atoms with Crippen LogP contribution in [0.15, 0.2) is 18.2 Å². The average Bonchev–Trinajstić information content (AvgIpc) is 2.06. The van der Waals surface area contributed by atoms with E-state index in [-0.39, 0.29) is 0 Å². The highest BCUT2D eigenvalue weighted by Crippen LogP contribution is 2.10. The van der Waals surface area contributed by atoms with Gasteiger partial charge >= 0.3 is 0 Å². The summed E-state index contributed by atoms with van der Waals surface area (Å²) in [6, 6.07) is 6.17. The summed E-state index contributed by atoms with van der Waals surface area (Å²) in [6.07, 6.45) is 1.06. The Balaban J connectivity index is 0.000000561. The quantitative estimate of drug-likeness (QED) is 0.635. The molecule has 0 amide bonds. The Labute approximate surface area is 75.6 Å². The highest BCUT2D eigenvalue weighted by Gasteiger charge is 1.91. The fourth-order valence-electron chi connectivity index (χ4n) is 1.10. The van der Waals surface area contributed by atoms with Crippen molar-refractivity contribution in [3.8, 4) is 0 Å². The van der Waals surface area contributed by atoms with Gasteiger partial charge in [-0.3, -0.25) is 0 Å². The van der Waals surface area contributed by atoms with E-state index < -0.39 is 0 Å². The lowest BCUT2D eigenvalue weighted by molar-refractivity contribution is 1.13. The van der Waals surface area contributed by atoms with Crippen LogP contribution in [0.4, 0.5) is 5.69 Å². The number of hydrogen-bond acceptors (Lipinski definition) is 1. The second-order valence-electron chi connectivity index (χ2n) is 2.61. The lowest BCUT2D eigenvalue weighted by Gasteiger charge is -2.00. The molecule has 0 bridgehead atoms. The molecule has 0 aliphatic rings. The molecule has 0 aliphatic carbocycles. The first-order valence-electron chi connectivity index (χ1n) is 4.58. The summed E-state index contributed by atoms with van der Waals surface area (Å²) in [6.45, 7) is 8.20. The van der Waals surface area contributed by atoms with Crippen molar-refractivity contribution in [2.45, 2.75) is 34.1 Å². The molecule has 68 valence electrons. The van der Waals surface area contributed by atoms with Crippen LogP contribution >= 0.6 is 0 Å². The molecule has 0 atom stereocenters. The van der Waals surface area contributed by atoms with Gasteiger partial charge in [-0.2, -0.15) is 0 Å². The van der Waals surface area contributed by atoms with Gasteiger partial charge in [0.25, 0.3) is 0 Å². The van der Waals surface area contributed by atoms with E-state index in [1.807, 2.05) is 26.0 Å². The molecule has 2 N–H and O–H groups in total.